The zero-order valence-electron chi connectivity index (χ0n) is 8.84. The van der Waals surface area contributed by atoms with Gasteiger partial charge in [-0.2, -0.15) is 0 Å². The summed E-state index contributed by atoms with van der Waals surface area (Å²) in [6.07, 6.45) is 3.90. The third-order valence-corrected chi connectivity index (χ3v) is 3.08. The number of rotatable bonds is 3. The molecule has 82 valence electrons. The number of para-hydroxylation sites is 1. The fourth-order valence-corrected chi connectivity index (χ4v) is 2.20. The number of ether oxygens (including phenoxy) is 1. The predicted octanol–water partition coefficient (Wildman–Crippen LogP) is 2.87. The van der Waals surface area contributed by atoms with Gasteiger partial charge in [0.2, 0.25) is 0 Å². The van der Waals surface area contributed by atoms with Gasteiger partial charge in [-0.3, -0.25) is 4.79 Å². The summed E-state index contributed by atoms with van der Waals surface area (Å²) in [5, 5.41) is 0.908. The van der Waals surface area contributed by atoms with E-state index in [1.54, 1.807) is 17.4 Å². The lowest BCUT2D eigenvalue weighted by molar-refractivity contribution is -0.139. The first kappa shape index (κ1) is 10.8. The van der Waals surface area contributed by atoms with E-state index in [2.05, 4.69) is 9.72 Å². The molecule has 2 rings (SSSR count). The first-order chi connectivity index (χ1) is 7.79. The van der Waals surface area contributed by atoms with Crippen LogP contribution in [0.15, 0.2) is 30.3 Å². The van der Waals surface area contributed by atoms with Crippen LogP contribution in [0.25, 0.3) is 16.3 Å². The summed E-state index contributed by atoms with van der Waals surface area (Å²) in [4.78, 5) is 15.3. The van der Waals surface area contributed by atoms with Gasteiger partial charge >= 0.3 is 5.97 Å². The number of carbonyl (C=O) groups excluding carboxylic acids is 1. The Morgan fingerprint density at radius 3 is 3.06 bits per heavy atom. The normalized spacial score (nSPS) is 11.1. The standard InChI is InChI=1S/C12H11NO2S/c1-15-12(14)8-4-7-11-13-9-5-2-3-6-10(9)16-11/h2-7H,8H2,1H3. The number of hydrogen-bond donors (Lipinski definition) is 0. The van der Waals surface area contributed by atoms with E-state index in [1.165, 1.54) is 7.11 Å². The molecule has 0 fully saturated rings. The van der Waals surface area contributed by atoms with Gasteiger partial charge in [0.1, 0.15) is 5.01 Å². The Morgan fingerprint density at radius 2 is 2.31 bits per heavy atom. The van der Waals surface area contributed by atoms with Crippen LogP contribution in [-0.4, -0.2) is 18.1 Å². The van der Waals surface area contributed by atoms with Gasteiger partial charge in [-0.25, -0.2) is 4.98 Å². The van der Waals surface area contributed by atoms with E-state index in [1.807, 2.05) is 30.3 Å². The highest BCUT2D eigenvalue weighted by Gasteiger charge is 2.00. The van der Waals surface area contributed by atoms with Crippen LogP contribution in [0.2, 0.25) is 0 Å². The second-order valence-corrected chi connectivity index (χ2v) is 4.26. The third kappa shape index (κ3) is 2.46. The van der Waals surface area contributed by atoms with Crippen LogP contribution in [0.5, 0.6) is 0 Å². The van der Waals surface area contributed by atoms with Crippen molar-refractivity contribution in [1.82, 2.24) is 4.98 Å². The lowest BCUT2D eigenvalue weighted by Gasteiger charge is -1.90. The van der Waals surface area contributed by atoms with Crippen LogP contribution in [0.4, 0.5) is 0 Å². The number of carbonyl (C=O) groups is 1. The Bertz CT molecular complexity index is 498. The van der Waals surface area contributed by atoms with Crippen molar-refractivity contribution in [1.29, 1.82) is 0 Å². The van der Waals surface area contributed by atoms with Crippen molar-refractivity contribution >= 4 is 33.6 Å². The lowest BCUT2D eigenvalue weighted by Crippen LogP contribution is -1.96. The van der Waals surface area contributed by atoms with Gasteiger partial charge in [-0.15, -0.1) is 11.3 Å². The second kappa shape index (κ2) is 4.90. The molecule has 0 N–H and O–H groups in total. The molecule has 1 heterocycles. The number of fused-ring (bicyclic) bond motifs is 1. The number of benzene rings is 1. The van der Waals surface area contributed by atoms with Gasteiger partial charge in [0.15, 0.2) is 0 Å². The average Bonchev–Trinajstić information content (AvgIpc) is 2.71. The smallest absolute Gasteiger partial charge is 0.309 e. The molecule has 0 atom stereocenters. The van der Waals surface area contributed by atoms with Crippen LogP contribution >= 0.6 is 11.3 Å². The van der Waals surface area contributed by atoms with E-state index in [9.17, 15) is 4.79 Å². The third-order valence-electron chi connectivity index (χ3n) is 2.08. The van der Waals surface area contributed by atoms with Crippen molar-refractivity contribution in [3.8, 4) is 0 Å². The fraction of sp³-hybridized carbons (Fsp3) is 0.167. The summed E-state index contributed by atoms with van der Waals surface area (Å²) in [7, 11) is 1.38. The monoisotopic (exact) mass is 233 g/mol. The van der Waals surface area contributed by atoms with E-state index < -0.39 is 0 Å². The molecule has 0 radical (unpaired) electrons. The average molecular weight is 233 g/mol. The minimum Gasteiger partial charge on any atom is -0.469 e. The molecule has 0 saturated carbocycles. The van der Waals surface area contributed by atoms with Gasteiger partial charge in [-0.1, -0.05) is 18.2 Å². The molecular formula is C12H11NO2S. The van der Waals surface area contributed by atoms with Crippen LogP contribution < -0.4 is 0 Å². The maximum atomic E-state index is 10.9. The summed E-state index contributed by atoms with van der Waals surface area (Å²) in [5.74, 6) is -0.239. The molecule has 0 unspecified atom stereocenters. The van der Waals surface area contributed by atoms with Gasteiger partial charge in [0.05, 0.1) is 23.7 Å². The van der Waals surface area contributed by atoms with E-state index in [0.29, 0.717) is 0 Å². The Labute approximate surface area is 97.4 Å². The molecule has 4 heteroatoms. The quantitative estimate of drug-likeness (QED) is 0.765. The summed E-state index contributed by atoms with van der Waals surface area (Å²) >= 11 is 1.61. The molecule has 0 spiro atoms. The number of aromatic nitrogens is 1. The summed E-state index contributed by atoms with van der Waals surface area (Å²) in [5.41, 5.74) is 0.991. The SMILES string of the molecule is COC(=O)CC=Cc1nc2ccccc2s1. The summed E-state index contributed by atoms with van der Waals surface area (Å²) in [6.45, 7) is 0. The van der Waals surface area contributed by atoms with Crippen molar-refractivity contribution < 1.29 is 9.53 Å². The molecule has 0 saturated heterocycles. The van der Waals surface area contributed by atoms with E-state index >= 15 is 0 Å². The number of methoxy groups -OCH3 is 1. The largest absolute Gasteiger partial charge is 0.469 e. The van der Waals surface area contributed by atoms with E-state index in [4.69, 9.17) is 0 Å². The Hall–Kier alpha value is -1.68. The Kier molecular flexibility index (Phi) is 3.31. The van der Waals surface area contributed by atoms with Crippen molar-refractivity contribution in [2.75, 3.05) is 7.11 Å². The maximum absolute atomic E-state index is 10.9. The summed E-state index contributed by atoms with van der Waals surface area (Å²) < 4.78 is 5.69. The van der Waals surface area contributed by atoms with Gasteiger partial charge in [0, 0.05) is 0 Å². The van der Waals surface area contributed by atoms with Crippen LogP contribution in [0, 0.1) is 0 Å². The molecule has 1 aromatic heterocycles. The maximum Gasteiger partial charge on any atom is 0.309 e. The highest BCUT2D eigenvalue weighted by Crippen LogP contribution is 2.22. The van der Waals surface area contributed by atoms with Crippen LogP contribution in [-0.2, 0) is 9.53 Å². The molecule has 1 aromatic carbocycles. The first-order valence-electron chi connectivity index (χ1n) is 4.88. The highest BCUT2D eigenvalue weighted by atomic mass is 32.1. The van der Waals surface area contributed by atoms with E-state index in [-0.39, 0.29) is 12.4 Å². The number of nitrogens with zero attached hydrogens (tertiary/aromatic N) is 1. The second-order valence-electron chi connectivity index (χ2n) is 3.20. The predicted molar refractivity (Wildman–Crippen MR) is 65.3 cm³/mol. The molecule has 0 aliphatic heterocycles. The number of hydrogen-bond acceptors (Lipinski definition) is 4. The van der Waals surface area contributed by atoms with Gasteiger partial charge < -0.3 is 4.74 Å². The molecule has 2 aromatic rings. The van der Waals surface area contributed by atoms with Crippen LogP contribution in [0.3, 0.4) is 0 Å². The molecule has 3 nitrogen and oxygen atoms in total. The van der Waals surface area contributed by atoms with Gasteiger partial charge in [-0.05, 0) is 18.2 Å². The van der Waals surface area contributed by atoms with E-state index in [0.717, 1.165) is 15.2 Å². The fourth-order valence-electron chi connectivity index (χ4n) is 1.30. The Morgan fingerprint density at radius 1 is 1.50 bits per heavy atom. The zero-order chi connectivity index (χ0) is 11.4. The molecule has 16 heavy (non-hydrogen) atoms. The van der Waals surface area contributed by atoms with Crippen LogP contribution in [0.1, 0.15) is 11.4 Å². The number of esters is 1. The van der Waals surface area contributed by atoms with Crippen molar-refractivity contribution in [2.24, 2.45) is 0 Å². The molecular weight excluding hydrogens is 222 g/mol. The molecule has 0 amide bonds. The minimum atomic E-state index is -0.239. The van der Waals surface area contributed by atoms with Crippen molar-refractivity contribution in [2.45, 2.75) is 6.42 Å². The molecule has 0 aliphatic carbocycles. The lowest BCUT2D eigenvalue weighted by atomic mass is 10.3. The van der Waals surface area contributed by atoms with Crippen molar-refractivity contribution in [3.63, 3.8) is 0 Å². The molecule has 0 aliphatic rings. The van der Waals surface area contributed by atoms with Gasteiger partial charge in [0.25, 0.3) is 0 Å². The summed E-state index contributed by atoms with van der Waals surface area (Å²) in [6, 6.07) is 7.96. The minimum absolute atomic E-state index is 0.239. The highest BCUT2D eigenvalue weighted by molar-refractivity contribution is 7.19. The van der Waals surface area contributed by atoms with Crippen molar-refractivity contribution in [3.05, 3.63) is 35.3 Å². The zero-order valence-corrected chi connectivity index (χ0v) is 9.66. The topological polar surface area (TPSA) is 39.2 Å². The number of thiazole rings is 1. The Balaban J connectivity index is 2.12. The molecule has 0 bridgehead atoms. The first-order valence-corrected chi connectivity index (χ1v) is 5.70.